The summed E-state index contributed by atoms with van der Waals surface area (Å²) in [5.74, 6) is 0. The highest BCUT2D eigenvalue weighted by Crippen LogP contribution is 2.43. The highest BCUT2D eigenvalue weighted by atomic mass is 16.5. The zero-order valence-corrected chi connectivity index (χ0v) is 12.6. The normalized spacial score (nSPS) is 28.9. The van der Waals surface area contributed by atoms with Crippen LogP contribution in [0.1, 0.15) is 48.0 Å². The fourth-order valence-corrected chi connectivity index (χ4v) is 2.24. The predicted molar refractivity (Wildman–Crippen MR) is 73.0 cm³/mol. The van der Waals surface area contributed by atoms with Crippen molar-refractivity contribution < 1.29 is 4.74 Å². The molecule has 3 nitrogen and oxygen atoms in total. The first-order valence-corrected chi connectivity index (χ1v) is 6.57. The van der Waals surface area contributed by atoms with Gasteiger partial charge in [-0.1, -0.05) is 27.7 Å². The fraction of sp³-hybridized carbons (Fsp3) is 1.00. The molecule has 1 aliphatic rings. The molecule has 0 heterocycles. The van der Waals surface area contributed by atoms with Crippen molar-refractivity contribution >= 4 is 0 Å². The van der Waals surface area contributed by atoms with E-state index in [-0.39, 0.29) is 16.4 Å². The van der Waals surface area contributed by atoms with Crippen LogP contribution in [0.2, 0.25) is 0 Å². The van der Waals surface area contributed by atoms with Gasteiger partial charge < -0.3 is 15.8 Å². The average molecular weight is 242 g/mol. The minimum absolute atomic E-state index is 0.0846. The van der Waals surface area contributed by atoms with Crippen LogP contribution in [0.15, 0.2) is 0 Å². The van der Waals surface area contributed by atoms with Crippen LogP contribution in [0.25, 0.3) is 0 Å². The molecule has 2 unspecified atom stereocenters. The summed E-state index contributed by atoms with van der Waals surface area (Å²) < 4.78 is 5.47. The molecule has 0 saturated heterocycles. The first-order chi connectivity index (χ1) is 7.52. The summed E-state index contributed by atoms with van der Waals surface area (Å²) in [7, 11) is 1.80. The summed E-state index contributed by atoms with van der Waals surface area (Å²) in [5.41, 5.74) is 6.35. The number of hydrogen-bond donors (Lipinski definition) is 2. The van der Waals surface area contributed by atoms with Crippen LogP contribution in [0, 0.1) is 10.8 Å². The van der Waals surface area contributed by atoms with Gasteiger partial charge in [0.05, 0.1) is 6.10 Å². The molecule has 0 aromatic rings. The Morgan fingerprint density at radius 1 is 1.29 bits per heavy atom. The Hall–Kier alpha value is -0.120. The maximum absolute atomic E-state index is 6.22. The molecule has 1 aliphatic carbocycles. The monoisotopic (exact) mass is 242 g/mol. The standard InChI is InChI=1S/C14H30N2O/c1-12(2,14(5,6)15)9-16-10-8-11(17-7)13(10,3)4/h10-11,16H,8-9,15H2,1-7H3. The van der Waals surface area contributed by atoms with E-state index >= 15 is 0 Å². The molecular weight excluding hydrogens is 212 g/mol. The second kappa shape index (κ2) is 4.52. The largest absolute Gasteiger partial charge is 0.381 e. The number of nitrogens with two attached hydrogens (primary N) is 1. The first kappa shape index (κ1) is 14.9. The zero-order chi connectivity index (χ0) is 13.5. The van der Waals surface area contributed by atoms with Crippen LogP contribution >= 0.6 is 0 Å². The van der Waals surface area contributed by atoms with E-state index in [1.54, 1.807) is 7.11 Å². The van der Waals surface area contributed by atoms with Crippen LogP contribution < -0.4 is 11.1 Å². The van der Waals surface area contributed by atoms with E-state index < -0.39 is 0 Å². The van der Waals surface area contributed by atoms with E-state index in [1.807, 2.05) is 0 Å². The minimum atomic E-state index is -0.172. The molecule has 1 fully saturated rings. The van der Waals surface area contributed by atoms with E-state index in [4.69, 9.17) is 10.5 Å². The molecule has 0 aromatic heterocycles. The molecule has 102 valence electrons. The van der Waals surface area contributed by atoms with Crippen molar-refractivity contribution in [1.82, 2.24) is 5.32 Å². The van der Waals surface area contributed by atoms with E-state index in [1.165, 1.54) is 0 Å². The first-order valence-electron chi connectivity index (χ1n) is 6.57. The van der Waals surface area contributed by atoms with Crippen LogP contribution in [0.3, 0.4) is 0 Å². The van der Waals surface area contributed by atoms with Crippen LogP contribution in [0.4, 0.5) is 0 Å². The number of nitrogens with one attached hydrogen (secondary N) is 1. The molecule has 1 saturated carbocycles. The summed E-state index contributed by atoms with van der Waals surface area (Å²) in [6, 6.07) is 0.536. The highest BCUT2D eigenvalue weighted by molar-refractivity contribution is 5.04. The van der Waals surface area contributed by atoms with Gasteiger partial charge in [0.2, 0.25) is 0 Å². The van der Waals surface area contributed by atoms with Gasteiger partial charge in [0.25, 0.3) is 0 Å². The van der Waals surface area contributed by atoms with E-state index in [0.717, 1.165) is 13.0 Å². The van der Waals surface area contributed by atoms with Gasteiger partial charge in [-0.25, -0.2) is 0 Å². The lowest BCUT2D eigenvalue weighted by Crippen LogP contribution is -2.63. The third-order valence-corrected chi connectivity index (χ3v) is 5.00. The molecule has 0 spiro atoms. The van der Waals surface area contributed by atoms with E-state index in [9.17, 15) is 0 Å². The van der Waals surface area contributed by atoms with Gasteiger partial charge in [-0.05, 0) is 25.7 Å². The van der Waals surface area contributed by atoms with Crippen molar-refractivity contribution in [2.24, 2.45) is 16.6 Å². The third-order valence-electron chi connectivity index (χ3n) is 5.00. The predicted octanol–water partition coefficient (Wildman–Crippen LogP) is 2.15. The topological polar surface area (TPSA) is 47.3 Å². The zero-order valence-electron chi connectivity index (χ0n) is 12.6. The van der Waals surface area contributed by atoms with Gasteiger partial charge in [0.15, 0.2) is 0 Å². The Bertz CT molecular complexity index is 266. The molecule has 3 N–H and O–H groups in total. The molecule has 3 heteroatoms. The number of methoxy groups -OCH3 is 1. The summed E-state index contributed by atoms with van der Waals surface area (Å²) in [4.78, 5) is 0. The maximum atomic E-state index is 6.22. The van der Waals surface area contributed by atoms with Gasteiger partial charge in [0.1, 0.15) is 0 Å². The molecule has 2 atom stereocenters. The lowest BCUT2D eigenvalue weighted by Gasteiger charge is -2.53. The Kier molecular flexibility index (Phi) is 3.98. The van der Waals surface area contributed by atoms with Crippen molar-refractivity contribution in [3.63, 3.8) is 0 Å². The van der Waals surface area contributed by atoms with Crippen molar-refractivity contribution in [3.05, 3.63) is 0 Å². The Balaban J connectivity index is 2.49. The van der Waals surface area contributed by atoms with Gasteiger partial charge in [-0.15, -0.1) is 0 Å². The SMILES string of the molecule is COC1CC(NCC(C)(C)C(C)(C)N)C1(C)C. The van der Waals surface area contributed by atoms with Gasteiger partial charge in [-0.3, -0.25) is 0 Å². The fourth-order valence-electron chi connectivity index (χ4n) is 2.24. The summed E-state index contributed by atoms with van der Waals surface area (Å²) in [6.45, 7) is 14.1. The quantitative estimate of drug-likeness (QED) is 0.776. The van der Waals surface area contributed by atoms with Gasteiger partial charge in [0, 0.05) is 30.7 Å². The molecule has 0 radical (unpaired) electrons. The highest BCUT2D eigenvalue weighted by Gasteiger charge is 2.49. The minimum Gasteiger partial charge on any atom is -0.381 e. The van der Waals surface area contributed by atoms with Crippen LogP contribution in [-0.4, -0.2) is 31.3 Å². The molecule has 0 bridgehead atoms. The molecule has 0 amide bonds. The second-order valence-electron chi connectivity index (χ2n) is 7.32. The van der Waals surface area contributed by atoms with Crippen molar-refractivity contribution in [3.8, 4) is 0 Å². The third kappa shape index (κ3) is 2.83. The lowest BCUT2D eigenvalue weighted by molar-refractivity contribution is -0.0999. The van der Waals surface area contributed by atoms with Gasteiger partial charge in [-0.2, -0.15) is 0 Å². The van der Waals surface area contributed by atoms with Crippen molar-refractivity contribution in [2.45, 2.75) is 65.6 Å². The van der Waals surface area contributed by atoms with Crippen molar-refractivity contribution in [1.29, 1.82) is 0 Å². The number of ether oxygens (including phenoxy) is 1. The van der Waals surface area contributed by atoms with E-state index in [2.05, 4.69) is 46.9 Å². The summed E-state index contributed by atoms with van der Waals surface area (Å²) in [6.07, 6.45) is 1.49. The Labute approximate surface area is 106 Å². The summed E-state index contributed by atoms with van der Waals surface area (Å²) >= 11 is 0. The van der Waals surface area contributed by atoms with Crippen molar-refractivity contribution in [2.75, 3.05) is 13.7 Å². The van der Waals surface area contributed by atoms with Crippen LogP contribution in [-0.2, 0) is 4.74 Å². The second-order valence-corrected chi connectivity index (χ2v) is 7.32. The average Bonchev–Trinajstić information content (AvgIpc) is 2.14. The molecule has 17 heavy (non-hydrogen) atoms. The lowest BCUT2D eigenvalue weighted by atomic mass is 9.64. The maximum Gasteiger partial charge on any atom is 0.0652 e. The molecule has 1 rings (SSSR count). The number of hydrogen-bond acceptors (Lipinski definition) is 3. The molecule has 0 aliphatic heterocycles. The summed E-state index contributed by atoms with van der Waals surface area (Å²) in [5, 5.41) is 3.66. The molecular formula is C14H30N2O. The van der Waals surface area contributed by atoms with Gasteiger partial charge >= 0.3 is 0 Å². The van der Waals surface area contributed by atoms with Crippen LogP contribution in [0.5, 0.6) is 0 Å². The Morgan fingerprint density at radius 3 is 2.18 bits per heavy atom. The Morgan fingerprint density at radius 2 is 1.82 bits per heavy atom. The van der Waals surface area contributed by atoms with E-state index in [0.29, 0.717) is 12.1 Å². The number of rotatable bonds is 5. The smallest absolute Gasteiger partial charge is 0.0652 e. The molecule has 0 aromatic carbocycles.